The Bertz CT molecular complexity index is 823. The molecule has 3 heteroatoms. The van der Waals surface area contributed by atoms with Crippen LogP contribution in [0.15, 0.2) is 60.8 Å². The van der Waals surface area contributed by atoms with Crippen LogP contribution >= 0.6 is 11.6 Å². The summed E-state index contributed by atoms with van der Waals surface area (Å²) in [4.78, 5) is 6.42. The molecule has 3 rings (SSSR count). The highest BCUT2D eigenvalue weighted by Crippen LogP contribution is 2.28. The Labute approximate surface area is 135 Å². The number of benzene rings is 2. The summed E-state index contributed by atoms with van der Waals surface area (Å²) in [5, 5.41) is 1.61. The molecule has 2 aromatic carbocycles. The SMILES string of the molecule is CN(C)C=Cc1cc(Cl)nc2ccc(-c3ccccc3)cc12. The second-order valence-corrected chi connectivity index (χ2v) is 5.80. The molecule has 0 aliphatic rings. The maximum atomic E-state index is 6.14. The molecular weight excluding hydrogens is 292 g/mol. The van der Waals surface area contributed by atoms with Crippen molar-refractivity contribution in [3.8, 4) is 11.1 Å². The Morgan fingerprint density at radius 3 is 2.45 bits per heavy atom. The molecule has 22 heavy (non-hydrogen) atoms. The molecule has 0 spiro atoms. The first kappa shape index (κ1) is 14.6. The van der Waals surface area contributed by atoms with Gasteiger partial charge >= 0.3 is 0 Å². The topological polar surface area (TPSA) is 16.1 Å². The molecule has 2 nitrogen and oxygen atoms in total. The van der Waals surface area contributed by atoms with E-state index in [0.717, 1.165) is 16.5 Å². The zero-order chi connectivity index (χ0) is 15.5. The molecule has 0 fully saturated rings. The Morgan fingerprint density at radius 2 is 1.73 bits per heavy atom. The molecule has 0 N–H and O–H groups in total. The lowest BCUT2D eigenvalue weighted by atomic mass is 10.0. The molecule has 0 saturated heterocycles. The van der Waals surface area contributed by atoms with Gasteiger partial charge in [-0.15, -0.1) is 0 Å². The van der Waals surface area contributed by atoms with Crippen LogP contribution in [0.25, 0.3) is 28.1 Å². The lowest BCUT2D eigenvalue weighted by Gasteiger charge is -2.08. The maximum absolute atomic E-state index is 6.14. The van der Waals surface area contributed by atoms with Crippen molar-refractivity contribution in [2.75, 3.05) is 14.1 Å². The van der Waals surface area contributed by atoms with Crippen molar-refractivity contribution in [3.63, 3.8) is 0 Å². The third kappa shape index (κ3) is 3.12. The van der Waals surface area contributed by atoms with Gasteiger partial charge in [0, 0.05) is 19.5 Å². The van der Waals surface area contributed by atoms with Crippen LogP contribution in [0.5, 0.6) is 0 Å². The first-order valence-electron chi connectivity index (χ1n) is 7.14. The van der Waals surface area contributed by atoms with Crippen LogP contribution in [-0.2, 0) is 0 Å². The van der Waals surface area contributed by atoms with Gasteiger partial charge in [0.25, 0.3) is 0 Å². The number of hydrogen-bond donors (Lipinski definition) is 0. The van der Waals surface area contributed by atoms with E-state index >= 15 is 0 Å². The molecule has 0 aliphatic carbocycles. The van der Waals surface area contributed by atoms with Crippen molar-refractivity contribution in [2.24, 2.45) is 0 Å². The minimum absolute atomic E-state index is 0.512. The quantitative estimate of drug-likeness (QED) is 0.627. The molecule has 3 aromatic rings. The van der Waals surface area contributed by atoms with Gasteiger partial charge in [0.2, 0.25) is 0 Å². The summed E-state index contributed by atoms with van der Waals surface area (Å²) >= 11 is 6.14. The number of hydrogen-bond acceptors (Lipinski definition) is 2. The summed E-state index contributed by atoms with van der Waals surface area (Å²) in [5.74, 6) is 0. The molecule has 0 atom stereocenters. The maximum Gasteiger partial charge on any atom is 0.130 e. The molecule has 110 valence electrons. The number of fused-ring (bicyclic) bond motifs is 1. The summed E-state index contributed by atoms with van der Waals surface area (Å²) in [6.07, 6.45) is 4.07. The average molecular weight is 309 g/mol. The van der Waals surface area contributed by atoms with Crippen molar-refractivity contribution in [2.45, 2.75) is 0 Å². The molecule has 0 aliphatic heterocycles. The van der Waals surface area contributed by atoms with E-state index in [4.69, 9.17) is 11.6 Å². The molecule has 0 unspecified atom stereocenters. The molecule has 0 radical (unpaired) electrons. The predicted octanol–water partition coefficient (Wildman–Crippen LogP) is 5.09. The van der Waals surface area contributed by atoms with Gasteiger partial charge in [-0.25, -0.2) is 4.98 Å². The summed E-state index contributed by atoms with van der Waals surface area (Å²) in [6, 6.07) is 18.5. The Balaban J connectivity index is 2.17. The number of nitrogens with zero attached hydrogens (tertiary/aromatic N) is 2. The minimum Gasteiger partial charge on any atom is -0.383 e. The van der Waals surface area contributed by atoms with Crippen LogP contribution in [0.3, 0.4) is 0 Å². The van der Waals surface area contributed by atoms with Crippen LogP contribution in [0.4, 0.5) is 0 Å². The Kier molecular flexibility index (Phi) is 4.12. The van der Waals surface area contributed by atoms with Crippen LogP contribution < -0.4 is 0 Å². The van der Waals surface area contributed by atoms with E-state index in [0.29, 0.717) is 5.15 Å². The van der Waals surface area contributed by atoms with Gasteiger partial charge in [0.05, 0.1) is 5.52 Å². The van der Waals surface area contributed by atoms with Crippen molar-refractivity contribution >= 4 is 28.6 Å². The summed E-state index contributed by atoms with van der Waals surface area (Å²) in [5.41, 5.74) is 4.35. The molecule has 1 heterocycles. The molecule has 0 amide bonds. The largest absolute Gasteiger partial charge is 0.383 e. The van der Waals surface area contributed by atoms with Crippen LogP contribution in [0.1, 0.15) is 5.56 Å². The van der Waals surface area contributed by atoms with Crippen LogP contribution in [-0.4, -0.2) is 24.0 Å². The number of rotatable bonds is 3. The van der Waals surface area contributed by atoms with Crippen molar-refractivity contribution in [1.29, 1.82) is 0 Å². The first-order valence-corrected chi connectivity index (χ1v) is 7.51. The van der Waals surface area contributed by atoms with Crippen molar-refractivity contribution in [1.82, 2.24) is 9.88 Å². The minimum atomic E-state index is 0.512. The number of halogens is 1. The van der Waals surface area contributed by atoms with E-state index in [1.807, 2.05) is 55.5 Å². The fraction of sp³-hybridized carbons (Fsp3) is 0.105. The average Bonchev–Trinajstić information content (AvgIpc) is 2.53. The monoisotopic (exact) mass is 308 g/mol. The molecule has 1 aromatic heterocycles. The molecular formula is C19H17ClN2. The van der Waals surface area contributed by atoms with E-state index in [2.05, 4.69) is 35.3 Å². The lowest BCUT2D eigenvalue weighted by Crippen LogP contribution is -1.99. The van der Waals surface area contributed by atoms with E-state index < -0.39 is 0 Å². The normalized spacial score (nSPS) is 11.2. The molecule has 0 bridgehead atoms. The fourth-order valence-corrected chi connectivity index (χ4v) is 2.60. The van der Waals surface area contributed by atoms with Crippen LogP contribution in [0, 0.1) is 0 Å². The van der Waals surface area contributed by atoms with E-state index in [9.17, 15) is 0 Å². The smallest absolute Gasteiger partial charge is 0.130 e. The summed E-state index contributed by atoms with van der Waals surface area (Å²) < 4.78 is 0. The zero-order valence-electron chi connectivity index (χ0n) is 12.6. The van der Waals surface area contributed by atoms with Crippen molar-refractivity contribution < 1.29 is 0 Å². The lowest BCUT2D eigenvalue weighted by molar-refractivity contribution is 0.567. The van der Waals surface area contributed by atoms with Gasteiger partial charge < -0.3 is 4.90 Å². The second-order valence-electron chi connectivity index (χ2n) is 5.41. The highest BCUT2D eigenvalue weighted by molar-refractivity contribution is 6.30. The van der Waals surface area contributed by atoms with Gasteiger partial charge in [-0.2, -0.15) is 0 Å². The second kappa shape index (κ2) is 6.20. The van der Waals surface area contributed by atoms with Gasteiger partial charge in [-0.1, -0.05) is 48.0 Å². The highest BCUT2D eigenvalue weighted by Gasteiger charge is 2.05. The van der Waals surface area contributed by atoms with E-state index in [-0.39, 0.29) is 0 Å². The van der Waals surface area contributed by atoms with Crippen molar-refractivity contribution in [3.05, 3.63) is 71.5 Å². The van der Waals surface area contributed by atoms with Crippen LogP contribution in [0.2, 0.25) is 5.15 Å². The highest BCUT2D eigenvalue weighted by atomic mass is 35.5. The Hall–Kier alpha value is -2.32. The predicted molar refractivity (Wildman–Crippen MR) is 94.9 cm³/mol. The zero-order valence-corrected chi connectivity index (χ0v) is 13.4. The third-order valence-corrected chi connectivity index (χ3v) is 3.66. The van der Waals surface area contributed by atoms with Gasteiger partial charge in [-0.3, -0.25) is 0 Å². The standard InChI is InChI=1S/C19H17ClN2/c1-22(2)11-10-16-13-19(20)21-18-9-8-15(12-17(16)18)14-6-4-3-5-7-14/h3-13H,1-2H3. The van der Waals surface area contributed by atoms with Gasteiger partial charge in [0.1, 0.15) is 5.15 Å². The van der Waals surface area contributed by atoms with E-state index in [1.54, 1.807) is 0 Å². The Morgan fingerprint density at radius 1 is 0.955 bits per heavy atom. The molecule has 0 saturated carbocycles. The third-order valence-electron chi connectivity index (χ3n) is 3.47. The van der Waals surface area contributed by atoms with Gasteiger partial charge in [0.15, 0.2) is 0 Å². The number of aromatic nitrogens is 1. The fourth-order valence-electron chi connectivity index (χ4n) is 2.40. The first-order chi connectivity index (χ1) is 10.6. The summed E-state index contributed by atoms with van der Waals surface area (Å²) in [7, 11) is 3.99. The van der Waals surface area contributed by atoms with Gasteiger partial charge in [-0.05, 0) is 47.2 Å². The summed E-state index contributed by atoms with van der Waals surface area (Å²) in [6.45, 7) is 0. The van der Waals surface area contributed by atoms with E-state index in [1.165, 1.54) is 11.1 Å². The number of pyridine rings is 1.